The lowest BCUT2D eigenvalue weighted by atomic mass is 10.0. The van der Waals surface area contributed by atoms with Crippen molar-refractivity contribution in [3.05, 3.63) is 94.1 Å². The van der Waals surface area contributed by atoms with Crippen molar-refractivity contribution in [2.24, 2.45) is 0 Å². The van der Waals surface area contributed by atoms with E-state index < -0.39 is 5.97 Å². The summed E-state index contributed by atoms with van der Waals surface area (Å²) in [5.41, 5.74) is 2.06. The van der Waals surface area contributed by atoms with Crippen molar-refractivity contribution in [1.29, 1.82) is 0 Å². The molecule has 1 heterocycles. The van der Waals surface area contributed by atoms with Crippen molar-refractivity contribution in [3.8, 4) is 0 Å². The van der Waals surface area contributed by atoms with Gasteiger partial charge in [0, 0.05) is 51.7 Å². The van der Waals surface area contributed by atoms with E-state index >= 15 is 0 Å². The molecule has 208 valence electrons. The maximum absolute atomic E-state index is 13.3. The quantitative estimate of drug-likeness (QED) is 0.170. The molecule has 4 rings (SSSR count). The predicted octanol–water partition coefficient (Wildman–Crippen LogP) is 6.04. The number of halogens is 2. The first-order chi connectivity index (χ1) is 19.2. The minimum absolute atomic E-state index is 0.235. The highest BCUT2D eigenvalue weighted by atomic mass is 35.5. The van der Waals surface area contributed by atoms with Crippen LogP contribution in [0.3, 0.4) is 0 Å². The predicted molar refractivity (Wildman–Crippen MR) is 164 cm³/mol. The number of likely N-dealkylation sites (N-methyl/N-ethyl adjacent to an activating group) is 1. The van der Waals surface area contributed by atoms with Crippen LogP contribution < -0.4 is 14.9 Å². The zero-order chi connectivity index (χ0) is 28.6. The summed E-state index contributed by atoms with van der Waals surface area (Å²) in [5.74, 6) is -0.486. The first kappa shape index (κ1) is 29.5. The lowest BCUT2D eigenvalue weighted by molar-refractivity contribution is -0.135. The SMILES string of the molecule is CN(C)CCNc1cc(CNC(=O)c2cccc3c(N(CC(=O)O)Sc4cc(Cl)cc(Cl)c4)cccc23)ccn1. The van der Waals surface area contributed by atoms with Gasteiger partial charge in [-0.1, -0.05) is 47.5 Å². The topological polar surface area (TPSA) is 97.8 Å². The van der Waals surface area contributed by atoms with Crippen molar-refractivity contribution in [3.63, 3.8) is 0 Å². The van der Waals surface area contributed by atoms with E-state index in [1.54, 1.807) is 40.8 Å². The molecule has 3 aromatic carbocycles. The number of aromatic nitrogens is 1. The van der Waals surface area contributed by atoms with Gasteiger partial charge in [0.2, 0.25) is 0 Å². The van der Waals surface area contributed by atoms with E-state index in [4.69, 9.17) is 23.2 Å². The molecule has 0 radical (unpaired) electrons. The maximum atomic E-state index is 13.3. The third-order valence-corrected chi connectivity index (χ3v) is 7.31. The fourth-order valence-corrected chi connectivity index (χ4v) is 5.77. The zero-order valence-electron chi connectivity index (χ0n) is 22.0. The molecule has 11 heteroatoms. The van der Waals surface area contributed by atoms with E-state index in [-0.39, 0.29) is 12.5 Å². The third-order valence-electron chi connectivity index (χ3n) is 5.89. The molecule has 3 N–H and O–H groups in total. The van der Waals surface area contributed by atoms with Gasteiger partial charge < -0.3 is 24.9 Å². The van der Waals surface area contributed by atoms with E-state index in [1.165, 1.54) is 11.9 Å². The Morgan fingerprint density at radius 1 is 0.975 bits per heavy atom. The second-order valence-corrected chi connectivity index (χ2v) is 11.2. The van der Waals surface area contributed by atoms with Crippen LogP contribution in [0.15, 0.2) is 77.8 Å². The number of carboxylic acids is 1. The number of amides is 1. The Kier molecular flexibility index (Phi) is 10.1. The van der Waals surface area contributed by atoms with Gasteiger partial charge in [-0.25, -0.2) is 4.98 Å². The maximum Gasteiger partial charge on any atom is 0.324 e. The molecule has 0 fully saturated rings. The standard InChI is InChI=1S/C29H29Cl2N5O3S/c1-35(2)12-11-33-27-13-19(9-10-32-27)17-34-29(39)25-7-3-6-24-23(25)5-4-8-26(24)36(18-28(37)38)40-22-15-20(30)14-21(31)16-22/h3-10,13-16H,11-12,17-18H2,1-2H3,(H,32,33)(H,34,39)(H,37,38). The van der Waals surface area contributed by atoms with Crippen LogP contribution in [0, 0.1) is 0 Å². The number of anilines is 2. The van der Waals surface area contributed by atoms with Crippen LogP contribution in [0.5, 0.6) is 0 Å². The summed E-state index contributed by atoms with van der Waals surface area (Å²) in [4.78, 5) is 32.2. The lowest BCUT2D eigenvalue weighted by Gasteiger charge is -2.23. The van der Waals surface area contributed by atoms with E-state index in [0.29, 0.717) is 38.1 Å². The number of nitrogens with one attached hydrogen (secondary N) is 2. The molecule has 0 aliphatic heterocycles. The van der Waals surface area contributed by atoms with Gasteiger partial charge in [0.05, 0.1) is 5.69 Å². The van der Waals surface area contributed by atoms with Crippen LogP contribution in [-0.4, -0.2) is 60.6 Å². The molecular weight excluding hydrogens is 569 g/mol. The van der Waals surface area contributed by atoms with E-state index in [1.807, 2.05) is 50.5 Å². The number of nitrogens with zero attached hydrogens (tertiary/aromatic N) is 3. The molecule has 1 aromatic heterocycles. The van der Waals surface area contributed by atoms with Gasteiger partial charge in [-0.15, -0.1) is 0 Å². The highest BCUT2D eigenvalue weighted by Gasteiger charge is 2.18. The van der Waals surface area contributed by atoms with E-state index in [9.17, 15) is 14.7 Å². The summed E-state index contributed by atoms with van der Waals surface area (Å²) < 4.78 is 1.65. The number of aliphatic carboxylic acids is 1. The second-order valence-electron chi connectivity index (χ2n) is 9.27. The molecule has 0 bridgehead atoms. The summed E-state index contributed by atoms with van der Waals surface area (Å²) in [5, 5.41) is 18.3. The molecule has 0 aliphatic carbocycles. The minimum atomic E-state index is -1.00. The Hall–Kier alpha value is -3.50. The smallest absolute Gasteiger partial charge is 0.324 e. The first-order valence-electron chi connectivity index (χ1n) is 12.5. The highest BCUT2D eigenvalue weighted by molar-refractivity contribution is 8.00. The summed E-state index contributed by atoms with van der Waals surface area (Å²) in [6, 6.07) is 19.8. The minimum Gasteiger partial charge on any atom is -0.480 e. The molecular formula is C29H29Cl2N5O3S. The fraction of sp³-hybridized carbons (Fsp3) is 0.207. The molecule has 0 spiro atoms. The number of hydrogen-bond donors (Lipinski definition) is 3. The number of carbonyl (C=O) groups excluding carboxylic acids is 1. The van der Waals surface area contributed by atoms with Gasteiger partial charge in [-0.2, -0.15) is 0 Å². The normalized spacial score (nSPS) is 11.0. The Balaban J connectivity index is 1.56. The molecule has 0 unspecified atom stereocenters. The monoisotopic (exact) mass is 597 g/mol. The van der Waals surface area contributed by atoms with Gasteiger partial charge in [0.25, 0.3) is 5.91 Å². The number of benzene rings is 3. The molecule has 8 nitrogen and oxygen atoms in total. The Morgan fingerprint density at radius 2 is 1.70 bits per heavy atom. The summed E-state index contributed by atoms with van der Waals surface area (Å²) in [6.45, 7) is 1.68. The largest absolute Gasteiger partial charge is 0.480 e. The number of carbonyl (C=O) groups is 2. The van der Waals surface area contributed by atoms with E-state index in [0.717, 1.165) is 29.9 Å². The first-order valence-corrected chi connectivity index (χ1v) is 14.0. The molecule has 0 aliphatic rings. The number of pyridine rings is 1. The van der Waals surface area contributed by atoms with Gasteiger partial charge in [0.15, 0.2) is 0 Å². The van der Waals surface area contributed by atoms with Crippen molar-refractivity contribution in [2.75, 3.05) is 43.4 Å². The van der Waals surface area contributed by atoms with Gasteiger partial charge in [-0.3, -0.25) is 9.59 Å². The average molecular weight is 599 g/mol. The lowest BCUT2D eigenvalue weighted by Crippen LogP contribution is -2.24. The Labute approximate surface area is 247 Å². The van der Waals surface area contributed by atoms with Crippen molar-refractivity contribution >= 4 is 69.3 Å². The average Bonchev–Trinajstić information content (AvgIpc) is 2.90. The molecule has 4 aromatic rings. The van der Waals surface area contributed by atoms with Crippen LogP contribution in [0.4, 0.5) is 11.5 Å². The van der Waals surface area contributed by atoms with Crippen LogP contribution in [-0.2, 0) is 11.3 Å². The molecule has 0 saturated heterocycles. The fourth-order valence-electron chi connectivity index (χ4n) is 4.07. The van der Waals surface area contributed by atoms with Crippen LogP contribution in [0.1, 0.15) is 15.9 Å². The van der Waals surface area contributed by atoms with Gasteiger partial charge in [0.1, 0.15) is 12.4 Å². The number of fused-ring (bicyclic) bond motifs is 1. The summed E-state index contributed by atoms with van der Waals surface area (Å²) >= 11 is 13.5. The van der Waals surface area contributed by atoms with Crippen LogP contribution >= 0.6 is 35.1 Å². The molecule has 1 amide bonds. The van der Waals surface area contributed by atoms with Crippen molar-refractivity contribution < 1.29 is 14.7 Å². The number of rotatable bonds is 12. The molecule has 40 heavy (non-hydrogen) atoms. The Bertz CT molecular complexity index is 1500. The second kappa shape index (κ2) is 13.7. The van der Waals surface area contributed by atoms with Crippen LogP contribution in [0.25, 0.3) is 10.8 Å². The van der Waals surface area contributed by atoms with E-state index in [2.05, 4.69) is 20.5 Å². The number of carboxylic acid groups (broad SMARTS) is 1. The van der Waals surface area contributed by atoms with Crippen molar-refractivity contribution in [1.82, 2.24) is 15.2 Å². The summed E-state index contributed by atoms with van der Waals surface area (Å²) in [7, 11) is 4.02. The molecule has 0 atom stereocenters. The molecule has 0 saturated carbocycles. The third kappa shape index (κ3) is 8.02. The van der Waals surface area contributed by atoms with Crippen molar-refractivity contribution in [2.45, 2.75) is 11.4 Å². The summed E-state index contributed by atoms with van der Waals surface area (Å²) in [6.07, 6.45) is 1.71. The van der Waals surface area contributed by atoms with Crippen LogP contribution in [0.2, 0.25) is 10.0 Å². The highest BCUT2D eigenvalue weighted by Crippen LogP contribution is 2.37. The zero-order valence-corrected chi connectivity index (χ0v) is 24.4. The van der Waals surface area contributed by atoms with Gasteiger partial charge >= 0.3 is 5.97 Å². The van der Waals surface area contributed by atoms with Gasteiger partial charge in [-0.05, 0) is 79.5 Å². The number of hydrogen-bond acceptors (Lipinski definition) is 7. The Morgan fingerprint density at radius 3 is 2.42 bits per heavy atom.